The molecule has 1 heterocycles. The number of benzene rings is 1. The van der Waals surface area contributed by atoms with Crippen molar-refractivity contribution in [1.29, 1.82) is 0 Å². The van der Waals surface area contributed by atoms with Crippen LogP contribution >= 0.6 is 0 Å². The van der Waals surface area contributed by atoms with E-state index in [2.05, 4.69) is 38.2 Å². The zero-order valence-corrected chi connectivity index (χ0v) is 12.9. The number of hydrogen-bond acceptors (Lipinski definition) is 3. The molecule has 112 valence electrons. The standard InChI is InChI=1S/C17H27NO2/c1-4-9-18-11-16-7-8-17(20-16)12-19-15-6-5-13(2)14(3)10-15/h5-6,10,16-18H,4,7-9,11-12H2,1-3H3. The van der Waals surface area contributed by atoms with Gasteiger partial charge in [0.2, 0.25) is 0 Å². The van der Waals surface area contributed by atoms with Gasteiger partial charge in [-0.25, -0.2) is 0 Å². The fraction of sp³-hybridized carbons (Fsp3) is 0.647. The predicted molar refractivity (Wildman–Crippen MR) is 82.5 cm³/mol. The van der Waals surface area contributed by atoms with E-state index in [-0.39, 0.29) is 6.10 Å². The van der Waals surface area contributed by atoms with E-state index in [0.29, 0.717) is 12.7 Å². The lowest BCUT2D eigenvalue weighted by Gasteiger charge is -2.15. The van der Waals surface area contributed by atoms with Crippen molar-refractivity contribution in [3.05, 3.63) is 29.3 Å². The zero-order chi connectivity index (χ0) is 14.4. The van der Waals surface area contributed by atoms with Crippen LogP contribution < -0.4 is 10.1 Å². The predicted octanol–water partition coefficient (Wildman–Crippen LogP) is 3.23. The van der Waals surface area contributed by atoms with E-state index in [0.717, 1.165) is 31.7 Å². The molecule has 0 aliphatic carbocycles. The fourth-order valence-electron chi connectivity index (χ4n) is 2.49. The van der Waals surface area contributed by atoms with Crippen molar-refractivity contribution in [3.63, 3.8) is 0 Å². The van der Waals surface area contributed by atoms with Gasteiger partial charge in [0.25, 0.3) is 0 Å². The molecule has 1 aliphatic rings. The minimum atomic E-state index is 0.241. The van der Waals surface area contributed by atoms with E-state index in [9.17, 15) is 0 Å². The number of rotatable bonds is 7. The average molecular weight is 277 g/mol. The Morgan fingerprint density at radius 2 is 2.00 bits per heavy atom. The van der Waals surface area contributed by atoms with Gasteiger partial charge in [-0.1, -0.05) is 13.0 Å². The molecule has 1 fully saturated rings. The molecule has 0 radical (unpaired) electrons. The van der Waals surface area contributed by atoms with Crippen molar-refractivity contribution in [3.8, 4) is 5.75 Å². The van der Waals surface area contributed by atoms with Gasteiger partial charge in [-0.15, -0.1) is 0 Å². The highest BCUT2D eigenvalue weighted by atomic mass is 16.5. The normalized spacial score (nSPS) is 22.1. The van der Waals surface area contributed by atoms with Gasteiger partial charge in [-0.05, 0) is 62.9 Å². The molecule has 0 aromatic heterocycles. The Hall–Kier alpha value is -1.06. The van der Waals surface area contributed by atoms with Gasteiger partial charge < -0.3 is 14.8 Å². The second-order valence-corrected chi connectivity index (χ2v) is 5.72. The lowest BCUT2D eigenvalue weighted by Crippen LogP contribution is -2.28. The summed E-state index contributed by atoms with van der Waals surface area (Å²) in [5.41, 5.74) is 2.58. The molecule has 2 atom stereocenters. The van der Waals surface area contributed by atoms with Crippen molar-refractivity contribution in [2.75, 3.05) is 19.7 Å². The third-order valence-electron chi connectivity index (χ3n) is 3.91. The largest absolute Gasteiger partial charge is 0.491 e. The highest BCUT2D eigenvalue weighted by Crippen LogP contribution is 2.22. The van der Waals surface area contributed by atoms with Crippen LogP contribution in [0.15, 0.2) is 18.2 Å². The Morgan fingerprint density at radius 3 is 2.75 bits per heavy atom. The molecule has 1 saturated heterocycles. The molecule has 20 heavy (non-hydrogen) atoms. The van der Waals surface area contributed by atoms with Gasteiger partial charge >= 0.3 is 0 Å². The third-order valence-corrected chi connectivity index (χ3v) is 3.91. The van der Waals surface area contributed by atoms with E-state index in [1.807, 2.05) is 6.07 Å². The first kappa shape index (κ1) is 15.3. The molecule has 0 amide bonds. The lowest BCUT2D eigenvalue weighted by molar-refractivity contribution is 0.0186. The Balaban J connectivity index is 1.71. The van der Waals surface area contributed by atoms with E-state index in [1.54, 1.807) is 0 Å². The quantitative estimate of drug-likeness (QED) is 0.776. The number of aryl methyl sites for hydroxylation is 2. The minimum absolute atomic E-state index is 0.241. The molecule has 2 unspecified atom stereocenters. The number of ether oxygens (including phenoxy) is 2. The summed E-state index contributed by atoms with van der Waals surface area (Å²) in [6.07, 6.45) is 4.01. The topological polar surface area (TPSA) is 30.5 Å². The third kappa shape index (κ3) is 4.50. The van der Waals surface area contributed by atoms with Crippen LogP contribution in [0, 0.1) is 13.8 Å². The maximum absolute atomic E-state index is 6.00. The van der Waals surface area contributed by atoms with E-state index >= 15 is 0 Å². The second kappa shape index (κ2) is 7.65. The van der Waals surface area contributed by atoms with Gasteiger partial charge in [0, 0.05) is 6.54 Å². The van der Waals surface area contributed by atoms with Crippen molar-refractivity contribution in [2.45, 2.75) is 52.2 Å². The Kier molecular flexibility index (Phi) is 5.86. The summed E-state index contributed by atoms with van der Waals surface area (Å²) in [5.74, 6) is 0.948. The van der Waals surface area contributed by atoms with Crippen LogP contribution in [-0.4, -0.2) is 31.9 Å². The van der Waals surface area contributed by atoms with Crippen LogP contribution in [0.1, 0.15) is 37.3 Å². The Morgan fingerprint density at radius 1 is 1.20 bits per heavy atom. The first-order chi connectivity index (χ1) is 9.69. The van der Waals surface area contributed by atoms with Crippen molar-refractivity contribution >= 4 is 0 Å². The second-order valence-electron chi connectivity index (χ2n) is 5.72. The van der Waals surface area contributed by atoms with Crippen molar-refractivity contribution < 1.29 is 9.47 Å². The summed E-state index contributed by atoms with van der Waals surface area (Å²) in [6.45, 7) is 9.12. The number of nitrogens with one attached hydrogen (secondary N) is 1. The first-order valence-electron chi connectivity index (χ1n) is 7.75. The summed E-state index contributed by atoms with van der Waals surface area (Å²) in [7, 11) is 0. The monoisotopic (exact) mass is 277 g/mol. The first-order valence-corrected chi connectivity index (χ1v) is 7.75. The Bertz CT molecular complexity index is 419. The van der Waals surface area contributed by atoms with Gasteiger partial charge in [0.1, 0.15) is 12.4 Å². The van der Waals surface area contributed by atoms with Gasteiger partial charge in [-0.3, -0.25) is 0 Å². The van der Waals surface area contributed by atoms with Gasteiger partial charge in [0.15, 0.2) is 0 Å². The van der Waals surface area contributed by atoms with Crippen LogP contribution in [0.25, 0.3) is 0 Å². The molecule has 0 spiro atoms. The molecule has 0 saturated carbocycles. The van der Waals surface area contributed by atoms with Crippen LogP contribution in [0.2, 0.25) is 0 Å². The summed E-state index contributed by atoms with van der Waals surface area (Å²) in [4.78, 5) is 0. The molecular formula is C17H27NO2. The summed E-state index contributed by atoms with van der Waals surface area (Å²) in [5, 5.41) is 3.42. The Labute approximate surface area is 122 Å². The molecule has 3 nitrogen and oxygen atoms in total. The van der Waals surface area contributed by atoms with Crippen LogP contribution in [0.5, 0.6) is 5.75 Å². The van der Waals surface area contributed by atoms with Gasteiger partial charge in [0.05, 0.1) is 12.2 Å². The lowest BCUT2D eigenvalue weighted by atomic mass is 10.1. The van der Waals surface area contributed by atoms with Crippen molar-refractivity contribution in [1.82, 2.24) is 5.32 Å². The van der Waals surface area contributed by atoms with Crippen LogP contribution in [-0.2, 0) is 4.74 Å². The zero-order valence-electron chi connectivity index (χ0n) is 12.9. The molecule has 0 bridgehead atoms. The van der Waals surface area contributed by atoms with E-state index < -0.39 is 0 Å². The molecular weight excluding hydrogens is 250 g/mol. The summed E-state index contributed by atoms with van der Waals surface area (Å²) < 4.78 is 11.9. The molecule has 1 aromatic rings. The van der Waals surface area contributed by atoms with Crippen molar-refractivity contribution in [2.24, 2.45) is 0 Å². The molecule has 1 aromatic carbocycles. The average Bonchev–Trinajstić information content (AvgIpc) is 2.88. The molecule has 2 rings (SSSR count). The number of hydrogen-bond donors (Lipinski definition) is 1. The van der Waals surface area contributed by atoms with E-state index in [1.165, 1.54) is 17.5 Å². The van der Waals surface area contributed by atoms with E-state index in [4.69, 9.17) is 9.47 Å². The smallest absolute Gasteiger partial charge is 0.119 e. The summed E-state index contributed by atoms with van der Waals surface area (Å²) in [6, 6.07) is 6.25. The van der Waals surface area contributed by atoms with Gasteiger partial charge in [-0.2, -0.15) is 0 Å². The maximum Gasteiger partial charge on any atom is 0.119 e. The maximum atomic E-state index is 6.00. The summed E-state index contributed by atoms with van der Waals surface area (Å²) >= 11 is 0. The SMILES string of the molecule is CCCNCC1CCC(COc2ccc(C)c(C)c2)O1. The highest BCUT2D eigenvalue weighted by Gasteiger charge is 2.25. The molecule has 3 heteroatoms. The molecule has 1 N–H and O–H groups in total. The van der Waals surface area contributed by atoms with Crippen LogP contribution in [0.3, 0.4) is 0 Å². The molecule has 1 aliphatic heterocycles. The van der Waals surface area contributed by atoms with Crippen LogP contribution in [0.4, 0.5) is 0 Å². The highest BCUT2D eigenvalue weighted by molar-refractivity contribution is 5.33. The minimum Gasteiger partial charge on any atom is -0.491 e. The fourth-order valence-corrected chi connectivity index (χ4v) is 2.49.